The molecule has 4 heteroatoms. The Morgan fingerprint density at radius 3 is 1.04 bits per heavy atom. The van der Waals surface area contributed by atoms with Gasteiger partial charge >= 0.3 is 0 Å². The van der Waals surface area contributed by atoms with Crippen LogP contribution >= 0.6 is 0 Å². The summed E-state index contributed by atoms with van der Waals surface area (Å²) in [6.07, 6.45) is 17.6. The third-order valence-electron chi connectivity index (χ3n) is 4.61. The molecule has 0 rings (SSSR count). The maximum atomic E-state index is 5.61. The first-order valence-corrected chi connectivity index (χ1v) is 11.7. The van der Waals surface area contributed by atoms with Crippen molar-refractivity contribution in [1.29, 1.82) is 0 Å². The van der Waals surface area contributed by atoms with Gasteiger partial charge in [-0.1, -0.05) is 84.5 Å². The van der Waals surface area contributed by atoms with Crippen LogP contribution in [0.4, 0.5) is 0 Å². The van der Waals surface area contributed by atoms with Gasteiger partial charge in [0.2, 0.25) is 0 Å². The van der Waals surface area contributed by atoms with Crippen molar-refractivity contribution < 1.29 is 18.9 Å². The quantitative estimate of drug-likeness (QED) is 0.185. The maximum Gasteiger partial charge on any atom is 0.0701 e. The van der Waals surface area contributed by atoms with Crippen molar-refractivity contribution in [3.63, 3.8) is 0 Å². The van der Waals surface area contributed by atoms with E-state index in [9.17, 15) is 0 Å². The fraction of sp³-hybridized carbons (Fsp3) is 1.00. The zero-order chi connectivity index (χ0) is 19.7. The molecule has 0 aliphatic carbocycles. The highest BCUT2D eigenvalue weighted by molar-refractivity contribution is 4.48. The lowest BCUT2D eigenvalue weighted by atomic mass is 10.1. The molecule has 0 heterocycles. The molecule has 0 N–H and O–H groups in total. The molecule has 164 valence electrons. The van der Waals surface area contributed by atoms with E-state index in [0.717, 1.165) is 19.6 Å². The van der Waals surface area contributed by atoms with Gasteiger partial charge in [0.15, 0.2) is 0 Å². The van der Waals surface area contributed by atoms with E-state index in [1.807, 2.05) is 0 Å². The third-order valence-corrected chi connectivity index (χ3v) is 4.61. The molecular weight excluding hydrogens is 340 g/mol. The highest BCUT2D eigenvalue weighted by Crippen LogP contribution is 2.11. The van der Waals surface area contributed by atoms with E-state index < -0.39 is 0 Å². The molecule has 0 aromatic heterocycles. The van der Waals surface area contributed by atoms with E-state index in [0.29, 0.717) is 39.6 Å². The Balaban J connectivity index is 2.95. The first-order valence-electron chi connectivity index (χ1n) is 11.7. The number of rotatable bonds is 24. The Morgan fingerprint density at radius 2 is 0.630 bits per heavy atom. The minimum Gasteiger partial charge on any atom is -0.379 e. The molecule has 0 radical (unpaired) electrons. The fourth-order valence-electron chi connectivity index (χ4n) is 2.95. The van der Waals surface area contributed by atoms with Gasteiger partial charge in [0.05, 0.1) is 39.6 Å². The van der Waals surface area contributed by atoms with Crippen molar-refractivity contribution >= 4 is 0 Å². The van der Waals surface area contributed by atoms with Crippen molar-refractivity contribution in [3.8, 4) is 0 Å². The standard InChI is InChI=1S/C23H48O4/c1-3-5-6-7-8-9-10-11-12-13-14-15-17-25-19-21-27-23-22-26-20-18-24-16-4-2/h3-23H2,1-2H3. The summed E-state index contributed by atoms with van der Waals surface area (Å²) in [6, 6.07) is 0. The lowest BCUT2D eigenvalue weighted by molar-refractivity contribution is -0.00206. The van der Waals surface area contributed by atoms with E-state index in [1.165, 1.54) is 77.0 Å². The molecule has 0 saturated heterocycles. The summed E-state index contributed by atoms with van der Waals surface area (Å²) < 4.78 is 21.9. The van der Waals surface area contributed by atoms with Gasteiger partial charge in [-0.25, -0.2) is 0 Å². The van der Waals surface area contributed by atoms with Crippen molar-refractivity contribution in [2.45, 2.75) is 97.3 Å². The van der Waals surface area contributed by atoms with E-state index in [-0.39, 0.29) is 0 Å². The van der Waals surface area contributed by atoms with Crippen molar-refractivity contribution in [3.05, 3.63) is 0 Å². The smallest absolute Gasteiger partial charge is 0.0701 e. The van der Waals surface area contributed by atoms with Gasteiger partial charge in [0, 0.05) is 13.2 Å². The molecule has 27 heavy (non-hydrogen) atoms. The first kappa shape index (κ1) is 26.8. The predicted octanol–water partition coefficient (Wildman–Crippen LogP) is 6.16. The number of ether oxygens (including phenoxy) is 4. The fourth-order valence-corrected chi connectivity index (χ4v) is 2.95. The Kier molecular flexibility index (Phi) is 25.7. The summed E-state index contributed by atoms with van der Waals surface area (Å²) in [5.74, 6) is 0. The first-order chi connectivity index (χ1) is 13.4. The number of hydrogen-bond acceptors (Lipinski definition) is 4. The van der Waals surface area contributed by atoms with Crippen LogP contribution in [-0.2, 0) is 18.9 Å². The molecule has 0 atom stereocenters. The van der Waals surface area contributed by atoms with Crippen LogP contribution < -0.4 is 0 Å². The minimum atomic E-state index is 0.633. The van der Waals surface area contributed by atoms with Crippen LogP contribution in [0.2, 0.25) is 0 Å². The third kappa shape index (κ3) is 25.8. The Bertz CT molecular complexity index is 225. The van der Waals surface area contributed by atoms with E-state index in [2.05, 4.69) is 13.8 Å². The SMILES string of the molecule is CCCCCCCCCCCCCCOCCOCCOCCOCCC. The normalized spacial score (nSPS) is 11.3. The van der Waals surface area contributed by atoms with Gasteiger partial charge in [-0.3, -0.25) is 0 Å². The topological polar surface area (TPSA) is 36.9 Å². The van der Waals surface area contributed by atoms with Gasteiger partial charge < -0.3 is 18.9 Å². The summed E-state index contributed by atoms with van der Waals surface area (Å²) in [6.45, 7) is 10.0. The van der Waals surface area contributed by atoms with Gasteiger partial charge in [-0.2, -0.15) is 0 Å². The number of hydrogen-bond donors (Lipinski definition) is 0. The Morgan fingerprint density at radius 1 is 0.296 bits per heavy atom. The molecular formula is C23H48O4. The second kappa shape index (κ2) is 25.8. The molecule has 0 aromatic rings. The average Bonchev–Trinajstić information content (AvgIpc) is 2.68. The van der Waals surface area contributed by atoms with Crippen molar-refractivity contribution in [2.75, 3.05) is 52.9 Å². The van der Waals surface area contributed by atoms with Crippen LogP contribution in [0.5, 0.6) is 0 Å². The molecule has 0 saturated carbocycles. The Labute approximate surface area is 169 Å². The monoisotopic (exact) mass is 388 g/mol. The van der Waals surface area contributed by atoms with Crippen LogP contribution in [0.15, 0.2) is 0 Å². The van der Waals surface area contributed by atoms with Gasteiger partial charge in [0.1, 0.15) is 0 Å². The van der Waals surface area contributed by atoms with Crippen molar-refractivity contribution in [1.82, 2.24) is 0 Å². The van der Waals surface area contributed by atoms with Crippen LogP contribution in [0.25, 0.3) is 0 Å². The molecule has 0 bridgehead atoms. The maximum absolute atomic E-state index is 5.61. The lowest BCUT2D eigenvalue weighted by Crippen LogP contribution is -2.12. The molecule has 0 amide bonds. The summed E-state index contributed by atoms with van der Waals surface area (Å²) in [7, 11) is 0. The van der Waals surface area contributed by atoms with Crippen LogP contribution in [0.3, 0.4) is 0 Å². The second-order valence-corrected chi connectivity index (χ2v) is 7.34. The van der Waals surface area contributed by atoms with Crippen LogP contribution in [-0.4, -0.2) is 52.9 Å². The molecule has 0 aliphatic heterocycles. The predicted molar refractivity (Wildman–Crippen MR) is 115 cm³/mol. The summed E-state index contributed by atoms with van der Waals surface area (Å²) in [5.41, 5.74) is 0. The number of unbranched alkanes of at least 4 members (excludes halogenated alkanes) is 11. The van der Waals surface area contributed by atoms with Crippen LogP contribution in [0, 0.1) is 0 Å². The lowest BCUT2D eigenvalue weighted by Gasteiger charge is -2.07. The van der Waals surface area contributed by atoms with Gasteiger partial charge in [-0.15, -0.1) is 0 Å². The highest BCUT2D eigenvalue weighted by Gasteiger charge is 1.95. The zero-order valence-electron chi connectivity index (χ0n) is 18.5. The van der Waals surface area contributed by atoms with Crippen LogP contribution in [0.1, 0.15) is 97.3 Å². The molecule has 0 spiro atoms. The molecule has 0 fully saturated rings. The van der Waals surface area contributed by atoms with E-state index in [1.54, 1.807) is 0 Å². The summed E-state index contributed by atoms with van der Waals surface area (Å²) >= 11 is 0. The molecule has 0 aromatic carbocycles. The summed E-state index contributed by atoms with van der Waals surface area (Å²) in [4.78, 5) is 0. The van der Waals surface area contributed by atoms with E-state index >= 15 is 0 Å². The van der Waals surface area contributed by atoms with Crippen molar-refractivity contribution in [2.24, 2.45) is 0 Å². The molecule has 0 unspecified atom stereocenters. The highest BCUT2D eigenvalue weighted by atomic mass is 16.6. The molecule has 0 aliphatic rings. The van der Waals surface area contributed by atoms with Gasteiger partial charge in [-0.05, 0) is 12.8 Å². The summed E-state index contributed by atoms with van der Waals surface area (Å²) in [5, 5.41) is 0. The average molecular weight is 389 g/mol. The second-order valence-electron chi connectivity index (χ2n) is 7.34. The minimum absolute atomic E-state index is 0.633. The van der Waals surface area contributed by atoms with Gasteiger partial charge in [0.25, 0.3) is 0 Å². The molecule has 4 nitrogen and oxygen atoms in total. The zero-order valence-corrected chi connectivity index (χ0v) is 18.5. The largest absolute Gasteiger partial charge is 0.379 e. The Hall–Kier alpha value is -0.160. The van der Waals surface area contributed by atoms with E-state index in [4.69, 9.17) is 18.9 Å².